The van der Waals surface area contributed by atoms with Gasteiger partial charge in [-0.25, -0.2) is 0 Å². The van der Waals surface area contributed by atoms with Crippen molar-refractivity contribution in [2.75, 3.05) is 18.5 Å². The van der Waals surface area contributed by atoms with Crippen LogP contribution in [0.25, 0.3) is 11.4 Å². The molecular weight excluding hydrogens is 214 g/mol. The Morgan fingerprint density at radius 2 is 2.06 bits per heavy atom. The van der Waals surface area contributed by atoms with Crippen molar-refractivity contribution in [3.8, 4) is 17.5 Å². The van der Waals surface area contributed by atoms with Crippen molar-refractivity contribution in [1.82, 2.24) is 15.2 Å². The number of hydrogen-bond donors (Lipinski definition) is 0. The van der Waals surface area contributed by atoms with E-state index in [-0.39, 0.29) is 6.54 Å². The molecule has 2 heterocycles. The molecule has 0 radical (unpaired) electrons. The van der Waals surface area contributed by atoms with Gasteiger partial charge in [-0.05, 0) is 24.3 Å². The number of nitriles is 1. The molecule has 0 aromatic carbocycles. The Kier molecular flexibility index (Phi) is 3.26. The first-order valence-corrected chi connectivity index (χ1v) is 5.14. The first-order chi connectivity index (χ1) is 8.31. The Morgan fingerprint density at radius 1 is 1.18 bits per heavy atom. The zero-order valence-electron chi connectivity index (χ0n) is 9.41. The number of rotatable bonds is 3. The van der Waals surface area contributed by atoms with Gasteiger partial charge in [-0.3, -0.25) is 4.98 Å². The fraction of sp³-hybridized carbons (Fsp3) is 0.167. The van der Waals surface area contributed by atoms with Gasteiger partial charge >= 0.3 is 0 Å². The largest absolute Gasteiger partial charge is 0.345 e. The van der Waals surface area contributed by atoms with Crippen LogP contribution in [0, 0.1) is 11.3 Å². The maximum absolute atomic E-state index is 8.58. The smallest absolute Gasteiger partial charge is 0.151 e. The lowest BCUT2D eigenvalue weighted by Gasteiger charge is -2.12. The molecule has 5 nitrogen and oxygen atoms in total. The predicted octanol–water partition coefficient (Wildman–Crippen LogP) is 1.50. The van der Waals surface area contributed by atoms with Crippen LogP contribution >= 0.6 is 0 Å². The standard InChI is InChI=1S/C12H11N5/c1-17(9-7-13)12-6-5-11(15-16-12)10-4-2-3-8-14-10/h2-6,8H,9H2,1H3. The fourth-order valence-corrected chi connectivity index (χ4v) is 1.37. The van der Waals surface area contributed by atoms with Crippen LogP contribution in [-0.2, 0) is 0 Å². The summed E-state index contributed by atoms with van der Waals surface area (Å²) in [6.45, 7) is 0.289. The lowest BCUT2D eigenvalue weighted by Crippen LogP contribution is -2.18. The summed E-state index contributed by atoms with van der Waals surface area (Å²) in [5.74, 6) is 0.672. The number of pyridine rings is 1. The zero-order chi connectivity index (χ0) is 12.1. The van der Waals surface area contributed by atoms with E-state index in [9.17, 15) is 0 Å². The number of anilines is 1. The van der Waals surface area contributed by atoms with Crippen LogP contribution in [0.4, 0.5) is 5.82 Å². The van der Waals surface area contributed by atoms with Crippen molar-refractivity contribution in [3.05, 3.63) is 36.5 Å². The molecule has 0 amide bonds. The summed E-state index contributed by atoms with van der Waals surface area (Å²) in [5, 5.41) is 16.7. The minimum absolute atomic E-state index is 0.289. The average molecular weight is 225 g/mol. The topological polar surface area (TPSA) is 65.7 Å². The fourth-order valence-electron chi connectivity index (χ4n) is 1.37. The molecule has 0 N–H and O–H groups in total. The van der Waals surface area contributed by atoms with E-state index >= 15 is 0 Å². The molecule has 0 aliphatic heterocycles. The summed E-state index contributed by atoms with van der Waals surface area (Å²) in [4.78, 5) is 5.92. The molecular formula is C12H11N5. The molecule has 0 saturated heterocycles. The van der Waals surface area contributed by atoms with Gasteiger partial charge in [0.05, 0.1) is 11.8 Å². The second kappa shape index (κ2) is 5.03. The maximum atomic E-state index is 8.58. The van der Waals surface area contributed by atoms with E-state index in [0.717, 1.165) is 11.4 Å². The summed E-state index contributed by atoms with van der Waals surface area (Å²) < 4.78 is 0. The lowest BCUT2D eigenvalue weighted by atomic mass is 10.2. The van der Waals surface area contributed by atoms with Crippen molar-refractivity contribution in [2.24, 2.45) is 0 Å². The van der Waals surface area contributed by atoms with E-state index in [1.807, 2.05) is 30.3 Å². The number of hydrogen-bond acceptors (Lipinski definition) is 5. The molecule has 17 heavy (non-hydrogen) atoms. The van der Waals surface area contributed by atoms with Crippen LogP contribution in [0.3, 0.4) is 0 Å². The van der Waals surface area contributed by atoms with E-state index in [4.69, 9.17) is 5.26 Å². The molecule has 2 aromatic rings. The molecule has 0 bridgehead atoms. The Hall–Kier alpha value is -2.48. The molecule has 5 heteroatoms. The van der Waals surface area contributed by atoms with Gasteiger partial charge in [0.2, 0.25) is 0 Å². The Labute approximate surface area is 99.4 Å². The van der Waals surface area contributed by atoms with Crippen LogP contribution in [-0.4, -0.2) is 28.8 Å². The molecule has 0 atom stereocenters. The third kappa shape index (κ3) is 2.55. The van der Waals surface area contributed by atoms with E-state index in [2.05, 4.69) is 21.3 Å². The highest BCUT2D eigenvalue weighted by Crippen LogP contribution is 2.14. The van der Waals surface area contributed by atoms with Crippen molar-refractivity contribution < 1.29 is 0 Å². The first-order valence-electron chi connectivity index (χ1n) is 5.14. The zero-order valence-corrected chi connectivity index (χ0v) is 9.41. The van der Waals surface area contributed by atoms with Crippen LogP contribution < -0.4 is 4.90 Å². The molecule has 0 aliphatic carbocycles. The van der Waals surface area contributed by atoms with Crippen molar-refractivity contribution in [1.29, 1.82) is 5.26 Å². The number of nitrogens with zero attached hydrogens (tertiary/aromatic N) is 5. The quantitative estimate of drug-likeness (QED) is 0.740. The average Bonchev–Trinajstić information content (AvgIpc) is 2.40. The monoisotopic (exact) mass is 225 g/mol. The normalized spacial score (nSPS) is 9.65. The predicted molar refractivity (Wildman–Crippen MR) is 64.1 cm³/mol. The van der Waals surface area contributed by atoms with Crippen molar-refractivity contribution >= 4 is 5.82 Å². The first kappa shape index (κ1) is 11.0. The van der Waals surface area contributed by atoms with Gasteiger partial charge in [-0.1, -0.05) is 6.07 Å². The second-order valence-electron chi connectivity index (χ2n) is 3.51. The Morgan fingerprint density at radius 3 is 2.65 bits per heavy atom. The van der Waals surface area contributed by atoms with Crippen LogP contribution in [0.15, 0.2) is 36.5 Å². The SMILES string of the molecule is CN(CC#N)c1ccc(-c2ccccn2)nn1. The Balaban J connectivity index is 2.22. The second-order valence-corrected chi connectivity index (χ2v) is 3.51. The van der Waals surface area contributed by atoms with Gasteiger partial charge in [-0.15, -0.1) is 10.2 Å². The Bertz CT molecular complexity index is 515. The summed E-state index contributed by atoms with van der Waals surface area (Å²) in [7, 11) is 1.80. The van der Waals surface area contributed by atoms with Crippen LogP contribution in [0.2, 0.25) is 0 Å². The van der Waals surface area contributed by atoms with Crippen LogP contribution in [0.1, 0.15) is 0 Å². The molecule has 0 unspecified atom stereocenters. The molecule has 0 fully saturated rings. The van der Waals surface area contributed by atoms with Gasteiger partial charge in [0, 0.05) is 13.2 Å². The van der Waals surface area contributed by atoms with E-state index in [1.54, 1.807) is 18.1 Å². The molecule has 2 rings (SSSR count). The summed E-state index contributed by atoms with van der Waals surface area (Å²) >= 11 is 0. The lowest BCUT2D eigenvalue weighted by molar-refractivity contribution is 0.932. The molecule has 0 aliphatic rings. The summed E-state index contributed by atoms with van der Waals surface area (Å²) in [6.07, 6.45) is 1.72. The van der Waals surface area contributed by atoms with Crippen molar-refractivity contribution in [3.63, 3.8) is 0 Å². The van der Waals surface area contributed by atoms with Gasteiger partial charge in [-0.2, -0.15) is 5.26 Å². The van der Waals surface area contributed by atoms with Crippen LogP contribution in [0.5, 0.6) is 0 Å². The summed E-state index contributed by atoms with van der Waals surface area (Å²) in [6, 6.07) is 11.4. The third-order valence-corrected chi connectivity index (χ3v) is 2.28. The van der Waals surface area contributed by atoms with Gasteiger partial charge < -0.3 is 4.90 Å². The third-order valence-electron chi connectivity index (χ3n) is 2.28. The highest BCUT2D eigenvalue weighted by Gasteiger charge is 2.04. The minimum Gasteiger partial charge on any atom is -0.345 e. The highest BCUT2D eigenvalue weighted by atomic mass is 15.2. The van der Waals surface area contributed by atoms with Gasteiger partial charge in [0.15, 0.2) is 5.82 Å². The molecule has 84 valence electrons. The van der Waals surface area contributed by atoms with E-state index in [1.165, 1.54) is 0 Å². The van der Waals surface area contributed by atoms with Gasteiger partial charge in [0.25, 0.3) is 0 Å². The minimum atomic E-state index is 0.289. The molecule has 2 aromatic heterocycles. The molecule has 0 spiro atoms. The van der Waals surface area contributed by atoms with Crippen molar-refractivity contribution in [2.45, 2.75) is 0 Å². The molecule has 0 saturated carbocycles. The highest BCUT2D eigenvalue weighted by molar-refractivity contribution is 5.54. The van der Waals surface area contributed by atoms with E-state index in [0.29, 0.717) is 5.82 Å². The number of aromatic nitrogens is 3. The maximum Gasteiger partial charge on any atom is 0.151 e. The summed E-state index contributed by atoms with van der Waals surface area (Å²) in [5.41, 5.74) is 1.51. The van der Waals surface area contributed by atoms with E-state index < -0.39 is 0 Å². The van der Waals surface area contributed by atoms with Gasteiger partial charge in [0.1, 0.15) is 12.2 Å².